The maximum atomic E-state index is 11.5. The van der Waals surface area contributed by atoms with Gasteiger partial charge in [-0.1, -0.05) is 6.08 Å². The van der Waals surface area contributed by atoms with Crippen LogP contribution in [0, 0.1) is 0 Å². The van der Waals surface area contributed by atoms with Gasteiger partial charge >= 0.3 is 0 Å². The van der Waals surface area contributed by atoms with Crippen LogP contribution in [-0.4, -0.2) is 21.8 Å². The monoisotopic (exact) mass is 177 g/mol. The summed E-state index contributed by atoms with van der Waals surface area (Å²) in [5.74, 6) is -0.201. The minimum Gasteiger partial charge on any atom is -0.321 e. The Balaban J connectivity index is 2.73. The highest BCUT2D eigenvalue weighted by Gasteiger charge is 2.14. The van der Waals surface area contributed by atoms with Crippen LogP contribution in [-0.2, 0) is 0 Å². The molecule has 0 bridgehead atoms. The zero-order valence-electron chi connectivity index (χ0n) is 7.18. The van der Waals surface area contributed by atoms with Crippen LogP contribution in [0.4, 0.5) is 0 Å². The molecule has 0 spiro atoms. The lowest BCUT2D eigenvalue weighted by molar-refractivity contribution is 0.0956. The Morgan fingerprint density at radius 1 is 1.69 bits per heavy atom. The molecule has 2 N–H and O–H groups in total. The first kappa shape index (κ1) is 9.54. The van der Waals surface area contributed by atoms with E-state index in [0.717, 1.165) is 0 Å². The van der Waals surface area contributed by atoms with E-state index in [1.54, 1.807) is 6.08 Å². The van der Waals surface area contributed by atoms with Crippen LogP contribution in [0.25, 0.3) is 0 Å². The molecule has 0 radical (unpaired) electrons. The Labute approximate surface area is 76.5 Å². The van der Waals surface area contributed by atoms with Crippen molar-refractivity contribution in [2.45, 2.75) is 12.5 Å². The normalized spacial score (nSPS) is 12.1. The Bertz CT molecular complexity index is 297. The fraction of sp³-hybridized carbons (Fsp3) is 0.222. The zero-order valence-corrected chi connectivity index (χ0v) is 7.18. The van der Waals surface area contributed by atoms with Crippen LogP contribution in [0.15, 0.2) is 31.2 Å². The summed E-state index contributed by atoms with van der Waals surface area (Å²) in [6.07, 6.45) is 6.45. The SMILES string of the molecule is C=CCC(N)C(=O)c1cnccn1. The van der Waals surface area contributed by atoms with E-state index in [4.69, 9.17) is 5.73 Å². The third-order valence-electron chi connectivity index (χ3n) is 1.57. The van der Waals surface area contributed by atoms with Crippen molar-refractivity contribution in [2.75, 3.05) is 0 Å². The van der Waals surface area contributed by atoms with E-state index in [0.29, 0.717) is 12.1 Å². The molecule has 13 heavy (non-hydrogen) atoms. The van der Waals surface area contributed by atoms with Crippen molar-refractivity contribution in [2.24, 2.45) is 5.73 Å². The predicted molar refractivity (Wildman–Crippen MR) is 49.2 cm³/mol. The van der Waals surface area contributed by atoms with Crippen molar-refractivity contribution in [1.82, 2.24) is 9.97 Å². The Morgan fingerprint density at radius 3 is 3.00 bits per heavy atom. The summed E-state index contributed by atoms with van der Waals surface area (Å²) in [4.78, 5) is 19.1. The Hall–Kier alpha value is -1.55. The van der Waals surface area contributed by atoms with Gasteiger partial charge in [0.2, 0.25) is 0 Å². The molecule has 0 fully saturated rings. The molecule has 0 aliphatic heterocycles. The quantitative estimate of drug-likeness (QED) is 0.539. The van der Waals surface area contributed by atoms with Crippen LogP contribution < -0.4 is 5.73 Å². The number of Topliss-reactive ketones (excluding diaryl/α,β-unsaturated/α-hetero) is 1. The standard InChI is InChI=1S/C9H11N3O/c1-2-3-7(10)9(13)8-6-11-4-5-12-8/h2,4-7H,1,3,10H2. The maximum Gasteiger partial charge on any atom is 0.199 e. The van der Waals surface area contributed by atoms with E-state index < -0.39 is 6.04 Å². The fourth-order valence-electron chi connectivity index (χ4n) is 0.903. The van der Waals surface area contributed by atoms with Gasteiger partial charge in [0.25, 0.3) is 0 Å². The molecule has 1 unspecified atom stereocenters. The number of rotatable bonds is 4. The highest BCUT2D eigenvalue weighted by molar-refractivity contribution is 5.98. The van der Waals surface area contributed by atoms with Crippen molar-refractivity contribution in [3.8, 4) is 0 Å². The molecule has 0 aliphatic rings. The van der Waals surface area contributed by atoms with Gasteiger partial charge in [-0.2, -0.15) is 0 Å². The number of nitrogens with two attached hydrogens (primary N) is 1. The van der Waals surface area contributed by atoms with Crippen molar-refractivity contribution >= 4 is 5.78 Å². The number of hydrogen-bond donors (Lipinski definition) is 1. The summed E-state index contributed by atoms with van der Waals surface area (Å²) in [5.41, 5.74) is 5.87. The molecule has 68 valence electrons. The number of ketones is 1. The van der Waals surface area contributed by atoms with Crippen molar-refractivity contribution in [3.05, 3.63) is 36.9 Å². The molecule has 0 saturated carbocycles. The zero-order chi connectivity index (χ0) is 9.68. The highest BCUT2D eigenvalue weighted by Crippen LogP contribution is 1.99. The number of nitrogens with zero attached hydrogens (tertiary/aromatic N) is 2. The smallest absolute Gasteiger partial charge is 0.199 e. The summed E-state index contributed by atoms with van der Waals surface area (Å²) in [7, 11) is 0. The van der Waals surface area contributed by atoms with E-state index in [-0.39, 0.29) is 5.78 Å². The first-order chi connectivity index (χ1) is 6.25. The first-order valence-electron chi connectivity index (χ1n) is 3.92. The van der Waals surface area contributed by atoms with Gasteiger partial charge in [-0.25, -0.2) is 4.98 Å². The van der Waals surface area contributed by atoms with Gasteiger partial charge in [0, 0.05) is 12.4 Å². The number of carbonyl (C=O) groups is 1. The summed E-state index contributed by atoms with van der Waals surface area (Å²) in [6, 6.07) is -0.561. The Morgan fingerprint density at radius 2 is 2.46 bits per heavy atom. The molecule has 1 atom stereocenters. The Kier molecular flexibility index (Phi) is 3.28. The van der Waals surface area contributed by atoms with Gasteiger partial charge in [0.05, 0.1) is 12.2 Å². The molecule has 1 rings (SSSR count). The molecular weight excluding hydrogens is 166 g/mol. The number of carbonyl (C=O) groups excluding carboxylic acids is 1. The molecule has 1 heterocycles. The van der Waals surface area contributed by atoms with E-state index in [9.17, 15) is 4.79 Å². The van der Waals surface area contributed by atoms with Crippen LogP contribution in [0.2, 0.25) is 0 Å². The van der Waals surface area contributed by atoms with Gasteiger partial charge in [-0.05, 0) is 6.42 Å². The average molecular weight is 177 g/mol. The first-order valence-corrected chi connectivity index (χ1v) is 3.92. The second kappa shape index (κ2) is 4.47. The largest absolute Gasteiger partial charge is 0.321 e. The summed E-state index contributed by atoms with van der Waals surface area (Å²) in [5, 5.41) is 0. The van der Waals surface area contributed by atoms with Crippen LogP contribution in [0.5, 0.6) is 0 Å². The molecule has 0 aromatic carbocycles. The fourth-order valence-corrected chi connectivity index (χ4v) is 0.903. The average Bonchev–Trinajstić information content (AvgIpc) is 2.18. The lowest BCUT2D eigenvalue weighted by atomic mass is 10.1. The second-order valence-corrected chi connectivity index (χ2v) is 2.59. The van der Waals surface area contributed by atoms with Crippen molar-refractivity contribution < 1.29 is 4.79 Å². The highest BCUT2D eigenvalue weighted by atomic mass is 16.1. The topological polar surface area (TPSA) is 68.9 Å². The maximum absolute atomic E-state index is 11.5. The number of aromatic nitrogens is 2. The van der Waals surface area contributed by atoms with Crippen molar-refractivity contribution in [1.29, 1.82) is 0 Å². The minimum absolute atomic E-state index is 0.201. The van der Waals surface area contributed by atoms with Gasteiger partial charge in [-0.3, -0.25) is 9.78 Å². The lowest BCUT2D eigenvalue weighted by Crippen LogP contribution is -2.30. The summed E-state index contributed by atoms with van der Waals surface area (Å²) >= 11 is 0. The van der Waals surface area contributed by atoms with Gasteiger partial charge in [-0.15, -0.1) is 6.58 Å². The molecule has 0 amide bonds. The number of hydrogen-bond acceptors (Lipinski definition) is 4. The van der Waals surface area contributed by atoms with Crippen LogP contribution in [0.3, 0.4) is 0 Å². The summed E-state index contributed by atoms with van der Waals surface area (Å²) < 4.78 is 0. The lowest BCUT2D eigenvalue weighted by Gasteiger charge is -2.05. The molecule has 1 aromatic heterocycles. The molecule has 0 saturated heterocycles. The van der Waals surface area contributed by atoms with E-state index in [2.05, 4.69) is 16.5 Å². The molecular formula is C9H11N3O. The molecule has 0 aliphatic carbocycles. The van der Waals surface area contributed by atoms with Crippen LogP contribution in [0.1, 0.15) is 16.9 Å². The van der Waals surface area contributed by atoms with E-state index >= 15 is 0 Å². The van der Waals surface area contributed by atoms with Crippen LogP contribution >= 0.6 is 0 Å². The van der Waals surface area contributed by atoms with Gasteiger partial charge in [0.15, 0.2) is 5.78 Å². The third kappa shape index (κ3) is 2.45. The van der Waals surface area contributed by atoms with Gasteiger partial charge < -0.3 is 5.73 Å². The predicted octanol–water partition coefficient (Wildman–Crippen LogP) is 0.563. The van der Waals surface area contributed by atoms with Gasteiger partial charge in [0.1, 0.15) is 5.69 Å². The molecule has 4 heteroatoms. The van der Waals surface area contributed by atoms with Crippen molar-refractivity contribution in [3.63, 3.8) is 0 Å². The molecule has 1 aromatic rings. The minimum atomic E-state index is -0.561. The molecule has 4 nitrogen and oxygen atoms in total. The summed E-state index contributed by atoms with van der Waals surface area (Å²) in [6.45, 7) is 3.51. The second-order valence-electron chi connectivity index (χ2n) is 2.59. The third-order valence-corrected chi connectivity index (χ3v) is 1.57. The van der Waals surface area contributed by atoms with E-state index in [1.165, 1.54) is 18.6 Å². The van der Waals surface area contributed by atoms with E-state index in [1.807, 2.05) is 0 Å².